The fourth-order valence-corrected chi connectivity index (χ4v) is 0.957. The lowest BCUT2D eigenvalue weighted by atomic mass is 9.99. The molecule has 3 N–H and O–H groups in total. The second-order valence-electron chi connectivity index (χ2n) is 3.39. The van der Waals surface area contributed by atoms with Crippen molar-refractivity contribution in [1.82, 2.24) is 5.32 Å². The lowest BCUT2D eigenvalue weighted by Gasteiger charge is -2.20. The lowest BCUT2D eigenvalue weighted by Crippen LogP contribution is -2.48. The van der Waals surface area contributed by atoms with Gasteiger partial charge >= 0.3 is 5.97 Å². The SMILES string of the molecule is CC[C@H](C)[C@H](NC(=O)C(C)O)C(=O)O. The number of hydrogen-bond acceptors (Lipinski definition) is 3. The first kappa shape index (κ1) is 12.9. The Kier molecular flexibility index (Phi) is 5.15. The number of aliphatic carboxylic acids is 1. The average Bonchev–Trinajstić information content (AvgIpc) is 2.11. The zero-order valence-corrected chi connectivity index (χ0v) is 8.65. The van der Waals surface area contributed by atoms with E-state index in [0.717, 1.165) is 0 Å². The first-order chi connectivity index (χ1) is 6.40. The van der Waals surface area contributed by atoms with Crippen LogP contribution in [0.5, 0.6) is 0 Å². The third-order valence-electron chi connectivity index (χ3n) is 2.16. The van der Waals surface area contributed by atoms with Crippen molar-refractivity contribution in [1.29, 1.82) is 0 Å². The number of hydrogen-bond donors (Lipinski definition) is 3. The highest BCUT2D eigenvalue weighted by molar-refractivity contribution is 5.85. The van der Waals surface area contributed by atoms with Crippen LogP contribution in [0, 0.1) is 5.92 Å². The Morgan fingerprint density at radius 2 is 1.86 bits per heavy atom. The van der Waals surface area contributed by atoms with Crippen LogP contribution in [0.3, 0.4) is 0 Å². The van der Waals surface area contributed by atoms with Gasteiger partial charge in [-0.05, 0) is 12.8 Å². The molecule has 0 aliphatic rings. The van der Waals surface area contributed by atoms with E-state index in [4.69, 9.17) is 10.2 Å². The topological polar surface area (TPSA) is 86.6 Å². The maximum atomic E-state index is 11.1. The summed E-state index contributed by atoms with van der Waals surface area (Å²) in [5.74, 6) is -1.89. The van der Waals surface area contributed by atoms with E-state index >= 15 is 0 Å². The summed E-state index contributed by atoms with van der Waals surface area (Å²) >= 11 is 0. The molecule has 0 radical (unpaired) electrons. The Hall–Kier alpha value is -1.10. The van der Waals surface area contributed by atoms with E-state index in [1.165, 1.54) is 6.92 Å². The second-order valence-corrected chi connectivity index (χ2v) is 3.39. The largest absolute Gasteiger partial charge is 0.480 e. The maximum Gasteiger partial charge on any atom is 0.326 e. The minimum Gasteiger partial charge on any atom is -0.480 e. The predicted molar refractivity (Wildman–Crippen MR) is 50.7 cm³/mol. The van der Waals surface area contributed by atoms with Gasteiger partial charge < -0.3 is 15.5 Å². The third-order valence-corrected chi connectivity index (χ3v) is 2.16. The summed E-state index contributed by atoms with van der Waals surface area (Å²) in [5, 5.41) is 20.0. The van der Waals surface area contributed by atoms with E-state index in [-0.39, 0.29) is 5.92 Å². The standard InChI is InChI=1S/C9H17NO4/c1-4-5(2)7(9(13)14)10-8(12)6(3)11/h5-7,11H,4H2,1-3H3,(H,10,12)(H,13,14)/t5-,6?,7-/m0/s1. The molecule has 0 aliphatic heterocycles. The van der Waals surface area contributed by atoms with E-state index in [0.29, 0.717) is 6.42 Å². The Balaban J connectivity index is 4.38. The molecule has 5 nitrogen and oxygen atoms in total. The van der Waals surface area contributed by atoms with Crippen LogP contribution in [0.15, 0.2) is 0 Å². The number of carbonyl (C=O) groups excluding carboxylic acids is 1. The maximum absolute atomic E-state index is 11.1. The van der Waals surface area contributed by atoms with Crippen LogP contribution in [-0.2, 0) is 9.59 Å². The quantitative estimate of drug-likeness (QED) is 0.586. The van der Waals surface area contributed by atoms with Crippen LogP contribution >= 0.6 is 0 Å². The number of carboxylic acid groups (broad SMARTS) is 1. The summed E-state index contributed by atoms with van der Waals surface area (Å²) in [6.07, 6.45) is -0.530. The molecule has 82 valence electrons. The fraction of sp³-hybridized carbons (Fsp3) is 0.778. The van der Waals surface area contributed by atoms with Crippen molar-refractivity contribution in [3.63, 3.8) is 0 Å². The normalized spacial score (nSPS) is 16.9. The van der Waals surface area contributed by atoms with Gasteiger partial charge in [-0.1, -0.05) is 20.3 Å². The lowest BCUT2D eigenvalue weighted by molar-refractivity contribution is -0.144. The molecular formula is C9H17NO4. The number of nitrogens with one attached hydrogen (secondary N) is 1. The minimum atomic E-state index is -1.18. The number of aliphatic hydroxyl groups is 1. The monoisotopic (exact) mass is 203 g/mol. The highest BCUT2D eigenvalue weighted by atomic mass is 16.4. The van der Waals surface area contributed by atoms with Gasteiger partial charge in [0.15, 0.2) is 0 Å². The number of aliphatic hydroxyl groups excluding tert-OH is 1. The first-order valence-corrected chi connectivity index (χ1v) is 4.61. The Morgan fingerprint density at radius 3 is 2.14 bits per heavy atom. The number of carbonyl (C=O) groups is 2. The van der Waals surface area contributed by atoms with Crippen molar-refractivity contribution in [2.24, 2.45) is 5.92 Å². The van der Waals surface area contributed by atoms with Crippen LogP contribution in [0.25, 0.3) is 0 Å². The van der Waals surface area contributed by atoms with Crippen LogP contribution < -0.4 is 5.32 Å². The molecule has 0 aromatic rings. The molecule has 1 unspecified atom stereocenters. The number of rotatable bonds is 5. The van der Waals surface area contributed by atoms with Gasteiger partial charge in [-0.25, -0.2) is 4.79 Å². The Morgan fingerprint density at radius 1 is 1.36 bits per heavy atom. The minimum absolute atomic E-state index is 0.157. The molecule has 0 rings (SSSR count). The Bertz CT molecular complexity index is 215. The van der Waals surface area contributed by atoms with Gasteiger partial charge in [0.2, 0.25) is 5.91 Å². The van der Waals surface area contributed by atoms with Gasteiger partial charge in [0.25, 0.3) is 0 Å². The van der Waals surface area contributed by atoms with Gasteiger partial charge in [0.1, 0.15) is 12.1 Å². The van der Waals surface area contributed by atoms with Gasteiger partial charge in [-0.2, -0.15) is 0 Å². The molecule has 0 saturated carbocycles. The Labute approximate surface area is 83.1 Å². The van der Waals surface area contributed by atoms with Gasteiger partial charge in [-0.3, -0.25) is 4.79 Å². The molecule has 0 aromatic carbocycles. The second kappa shape index (κ2) is 5.59. The highest BCUT2D eigenvalue weighted by Crippen LogP contribution is 2.07. The molecule has 0 heterocycles. The molecular weight excluding hydrogens is 186 g/mol. The fourth-order valence-electron chi connectivity index (χ4n) is 0.957. The van der Waals surface area contributed by atoms with Crippen molar-refractivity contribution < 1.29 is 19.8 Å². The van der Waals surface area contributed by atoms with Crippen molar-refractivity contribution >= 4 is 11.9 Å². The van der Waals surface area contributed by atoms with Crippen molar-refractivity contribution in [2.45, 2.75) is 39.3 Å². The average molecular weight is 203 g/mol. The molecule has 0 fully saturated rings. The molecule has 0 aliphatic carbocycles. The van der Waals surface area contributed by atoms with Gasteiger partial charge in [-0.15, -0.1) is 0 Å². The van der Waals surface area contributed by atoms with Gasteiger partial charge in [0.05, 0.1) is 0 Å². The third kappa shape index (κ3) is 3.74. The summed E-state index contributed by atoms with van der Waals surface area (Å²) in [4.78, 5) is 21.8. The molecule has 14 heavy (non-hydrogen) atoms. The zero-order chi connectivity index (χ0) is 11.3. The van der Waals surface area contributed by atoms with E-state index in [1.54, 1.807) is 6.92 Å². The van der Waals surface area contributed by atoms with E-state index in [2.05, 4.69) is 5.32 Å². The van der Waals surface area contributed by atoms with Crippen molar-refractivity contribution in [3.8, 4) is 0 Å². The summed E-state index contributed by atoms with van der Waals surface area (Å²) < 4.78 is 0. The number of carboxylic acids is 1. The molecule has 1 amide bonds. The van der Waals surface area contributed by atoms with Crippen LogP contribution in [0.1, 0.15) is 27.2 Å². The predicted octanol–water partition coefficient (Wildman–Crippen LogP) is -0.0173. The van der Waals surface area contributed by atoms with E-state index < -0.39 is 24.0 Å². The molecule has 5 heteroatoms. The zero-order valence-electron chi connectivity index (χ0n) is 8.65. The highest BCUT2D eigenvalue weighted by Gasteiger charge is 2.26. The molecule has 0 saturated heterocycles. The molecule has 0 bridgehead atoms. The van der Waals surface area contributed by atoms with Crippen LogP contribution in [0.2, 0.25) is 0 Å². The van der Waals surface area contributed by atoms with Crippen molar-refractivity contribution in [3.05, 3.63) is 0 Å². The van der Waals surface area contributed by atoms with Crippen LogP contribution in [-0.4, -0.2) is 34.2 Å². The summed E-state index contributed by atoms with van der Waals surface area (Å²) in [6.45, 7) is 4.88. The summed E-state index contributed by atoms with van der Waals surface area (Å²) in [6, 6.07) is -0.929. The first-order valence-electron chi connectivity index (χ1n) is 4.61. The smallest absolute Gasteiger partial charge is 0.326 e. The molecule has 0 aromatic heterocycles. The number of amides is 1. The van der Waals surface area contributed by atoms with E-state index in [1.807, 2.05) is 6.92 Å². The summed E-state index contributed by atoms with van der Waals surface area (Å²) in [7, 11) is 0. The van der Waals surface area contributed by atoms with E-state index in [9.17, 15) is 9.59 Å². The molecule has 0 spiro atoms. The van der Waals surface area contributed by atoms with Crippen molar-refractivity contribution in [2.75, 3.05) is 0 Å². The van der Waals surface area contributed by atoms with Gasteiger partial charge in [0, 0.05) is 0 Å². The summed E-state index contributed by atoms with van der Waals surface area (Å²) in [5.41, 5.74) is 0. The molecule has 3 atom stereocenters. The van der Waals surface area contributed by atoms with Crippen LogP contribution in [0.4, 0.5) is 0 Å².